The smallest absolute Gasteiger partial charge is 0.231 e. The molecule has 1 heterocycles. The highest BCUT2D eigenvalue weighted by Crippen LogP contribution is 2.41. The highest BCUT2D eigenvalue weighted by molar-refractivity contribution is 7.98. The number of benzene rings is 2. The SMILES string of the molecule is Nc1ccc(SCc2cc(Cl)c3c(c2)OCO3)cc1F. The van der Waals surface area contributed by atoms with Gasteiger partial charge in [0.15, 0.2) is 11.5 Å². The van der Waals surface area contributed by atoms with Gasteiger partial charge in [-0.3, -0.25) is 0 Å². The van der Waals surface area contributed by atoms with Crippen LogP contribution >= 0.6 is 23.4 Å². The van der Waals surface area contributed by atoms with Crippen LogP contribution in [0, 0.1) is 5.82 Å². The second-order valence-corrected chi connectivity index (χ2v) is 5.74. The van der Waals surface area contributed by atoms with E-state index in [1.165, 1.54) is 17.8 Å². The number of fused-ring (bicyclic) bond motifs is 1. The van der Waals surface area contributed by atoms with Crippen LogP contribution in [0.2, 0.25) is 5.02 Å². The van der Waals surface area contributed by atoms with E-state index in [4.69, 9.17) is 26.8 Å². The average Bonchev–Trinajstić information content (AvgIpc) is 2.89. The predicted molar refractivity (Wildman–Crippen MR) is 77.9 cm³/mol. The first-order chi connectivity index (χ1) is 9.63. The topological polar surface area (TPSA) is 44.5 Å². The zero-order valence-corrected chi connectivity index (χ0v) is 11.9. The molecule has 0 atom stereocenters. The van der Waals surface area contributed by atoms with Gasteiger partial charge in [0.2, 0.25) is 6.79 Å². The van der Waals surface area contributed by atoms with Crippen molar-refractivity contribution in [2.75, 3.05) is 12.5 Å². The summed E-state index contributed by atoms with van der Waals surface area (Å²) in [6.07, 6.45) is 0. The highest BCUT2D eigenvalue weighted by Gasteiger charge is 2.18. The number of rotatable bonds is 3. The van der Waals surface area contributed by atoms with Crippen molar-refractivity contribution in [2.45, 2.75) is 10.6 Å². The second kappa shape index (κ2) is 5.42. The molecule has 0 saturated heterocycles. The van der Waals surface area contributed by atoms with Crippen LogP contribution in [-0.2, 0) is 5.75 Å². The fourth-order valence-corrected chi connectivity index (χ4v) is 3.01. The van der Waals surface area contributed by atoms with Crippen molar-refractivity contribution in [2.24, 2.45) is 0 Å². The Kier molecular flexibility index (Phi) is 3.63. The standard InChI is InChI=1S/C14H11ClFNO2S/c15-10-3-8(4-13-14(10)19-7-18-13)6-20-9-1-2-12(17)11(16)5-9/h1-5H,6-7,17H2. The Bertz CT molecular complexity index is 666. The molecule has 3 rings (SSSR count). The molecule has 3 nitrogen and oxygen atoms in total. The number of hydrogen-bond acceptors (Lipinski definition) is 4. The Labute approximate surface area is 124 Å². The molecule has 2 aromatic carbocycles. The van der Waals surface area contributed by atoms with Gasteiger partial charge in [-0.25, -0.2) is 4.39 Å². The van der Waals surface area contributed by atoms with Crippen molar-refractivity contribution in [1.82, 2.24) is 0 Å². The third-order valence-electron chi connectivity index (χ3n) is 2.86. The third-order valence-corrected chi connectivity index (χ3v) is 4.21. The number of nitrogens with two attached hydrogens (primary N) is 1. The maximum Gasteiger partial charge on any atom is 0.231 e. The lowest BCUT2D eigenvalue weighted by Crippen LogP contribution is -1.93. The fourth-order valence-electron chi connectivity index (χ4n) is 1.87. The lowest BCUT2D eigenvalue weighted by atomic mass is 10.2. The summed E-state index contributed by atoms with van der Waals surface area (Å²) in [6.45, 7) is 0.189. The van der Waals surface area contributed by atoms with Crippen molar-refractivity contribution in [3.05, 3.63) is 46.7 Å². The first-order valence-corrected chi connectivity index (χ1v) is 7.25. The molecule has 0 amide bonds. The highest BCUT2D eigenvalue weighted by atomic mass is 35.5. The summed E-state index contributed by atoms with van der Waals surface area (Å²) < 4.78 is 23.9. The molecule has 2 aromatic rings. The minimum atomic E-state index is -0.404. The van der Waals surface area contributed by atoms with Gasteiger partial charge in [0.05, 0.1) is 10.7 Å². The van der Waals surface area contributed by atoms with Crippen LogP contribution in [0.5, 0.6) is 11.5 Å². The summed E-state index contributed by atoms with van der Waals surface area (Å²) in [7, 11) is 0. The zero-order valence-electron chi connectivity index (χ0n) is 10.4. The quantitative estimate of drug-likeness (QED) is 0.685. The Morgan fingerprint density at radius 3 is 2.90 bits per heavy atom. The normalized spacial score (nSPS) is 12.7. The van der Waals surface area contributed by atoms with Crippen LogP contribution in [0.3, 0.4) is 0 Å². The lowest BCUT2D eigenvalue weighted by molar-refractivity contribution is 0.174. The molecule has 1 aliphatic rings. The van der Waals surface area contributed by atoms with Gasteiger partial charge in [-0.2, -0.15) is 0 Å². The first kappa shape index (κ1) is 13.4. The van der Waals surface area contributed by atoms with Crippen molar-refractivity contribution in [1.29, 1.82) is 0 Å². The van der Waals surface area contributed by atoms with Gasteiger partial charge in [-0.05, 0) is 35.9 Å². The van der Waals surface area contributed by atoms with E-state index in [0.29, 0.717) is 22.3 Å². The van der Waals surface area contributed by atoms with Crippen LogP contribution in [0.1, 0.15) is 5.56 Å². The van der Waals surface area contributed by atoms with E-state index in [9.17, 15) is 4.39 Å². The molecule has 6 heteroatoms. The molecule has 20 heavy (non-hydrogen) atoms. The molecule has 0 unspecified atom stereocenters. The largest absolute Gasteiger partial charge is 0.454 e. The summed E-state index contributed by atoms with van der Waals surface area (Å²) in [5, 5.41) is 0.527. The molecule has 0 saturated carbocycles. The van der Waals surface area contributed by atoms with Crippen molar-refractivity contribution in [3.63, 3.8) is 0 Å². The lowest BCUT2D eigenvalue weighted by Gasteiger charge is -2.06. The summed E-state index contributed by atoms with van der Waals surface area (Å²) in [6, 6.07) is 8.49. The molecular formula is C14H11ClFNO2S. The van der Waals surface area contributed by atoms with Gasteiger partial charge < -0.3 is 15.2 Å². The van der Waals surface area contributed by atoms with Crippen LogP contribution in [0.4, 0.5) is 10.1 Å². The first-order valence-electron chi connectivity index (χ1n) is 5.89. The van der Waals surface area contributed by atoms with Gasteiger partial charge in [0.25, 0.3) is 0 Å². The van der Waals surface area contributed by atoms with Crippen molar-refractivity contribution in [3.8, 4) is 11.5 Å². The van der Waals surface area contributed by atoms with Crippen LogP contribution < -0.4 is 15.2 Å². The maximum absolute atomic E-state index is 13.4. The molecule has 0 fully saturated rings. The van der Waals surface area contributed by atoms with Crippen molar-refractivity contribution < 1.29 is 13.9 Å². The van der Waals surface area contributed by atoms with Gasteiger partial charge in [0, 0.05) is 10.6 Å². The van der Waals surface area contributed by atoms with E-state index in [1.807, 2.05) is 12.1 Å². The van der Waals surface area contributed by atoms with Gasteiger partial charge >= 0.3 is 0 Å². The summed E-state index contributed by atoms with van der Waals surface area (Å²) in [4.78, 5) is 0.811. The van der Waals surface area contributed by atoms with Gasteiger partial charge in [-0.15, -0.1) is 11.8 Å². The third kappa shape index (κ3) is 2.64. The second-order valence-electron chi connectivity index (χ2n) is 4.28. The van der Waals surface area contributed by atoms with Gasteiger partial charge in [-0.1, -0.05) is 11.6 Å². The Balaban J connectivity index is 1.75. The van der Waals surface area contributed by atoms with Crippen LogP contribution in [0.15, 0.2) is 35.2 Å². The number of anilines is 1. The molecule has 1 aliphatic heterocycles. The summed E-state index contributed by atoms with van der Waals surface area (Å²) in [5.41, 5.74) is 6.59. The van der Waals surface area contributed by atoms with Crippen molar-refractivity contribution >= 4 is 29.1 Å². The Morgan fingerprint density at radius 2 is 2.10 bits per heavy atom. The van der Waals surface area contributed by atoms with Crippen LogP contribution in [0.25, 0.3) is 0 Å². The van der Waals surface area contributed by atoms with E-state index < -0.39 is 5.82 Å². The minimum Gasteiger partial charge on any atom is -0.454 e. The molecular weight excluding hydrogens is 301 g/mol. The average molecular weight is 312 g/mol. The zero-order chi connectivity index (χ0) is 14.1. The fraction of sp³-hybridized carbons (Fsp3) is 0.143. The molecule has 0 spiro atoms. The van der Waals surface area contributed by atoms with E-state index in [0.717, 1.165) is 10.5 Å². The monoisotopic (exact) mass is 311 g/mol. The Morgan fingerprint density at radius 1 is 1.25 bits per heavy atom. The summed E-state index contributed by atoms with van der Waals surface area (Å²) >= 11 is 7.61. The number of halogens is 2. The maximum atomic E-state index is 13.4. The van der Waals surface area contributed by atoms with E-state index in [1.54, 1.807) is 12.1 Å². The van der Waals surface area contributed by atoms with E-state index in [2.05, 4.69) is 0 Å². The van der Waals surface area contributed by atoms with E-state index in [-0.39, 0.29) is 12.5 Å². The van der Waals surface area contributed by atoms with E-state index >= 15 is 0 Å². The molecule has 0 bridgehead atoms. The molecule has 2 N–H and O–H groups in total. The van der Waals surface area contributed by atoms with Crippen LogP contribution in [-0.4, -0.2) is 6.79 Å². The minimum absolute atomic E-state index is 0.153. The summed E-state index contributed by atoms with van der Waals surface area (Å²) in [5.74, 6) is 1.48. The Hall–Kier alpha value is -1.59. The number of hydrogen-bond donors (Lipinski definition) is 1. The number of ether oxygens (including phenoxy) is 2. The van der Waals surface area contributed by atoms with Gasteiger partial charge in [0.1, 0.15) is 5.82 Å². The molecule has 0 aromatic heterocycles. The number of nitrogen functional groups attached to an aromatic ring is 1. The molecule has 0 aliphatic carbocycles. The molecule has 104 valence electrons. The number of thioether (sulfide) groups is 1. The molecule has 0 radical (unpaired) electrons. The predicted octanol–water partition coefficient (Wildman–Crippen LogP) is 4.08.